The lowest BCUT2D eigenvalue weighted by Crippen LogP contribution is -2.44. The van der Waals surface area contributed by atoms with Crippen LogP contribution in [0.4, 0.5) is 4.39 Å². The van der Waals surface area contributed by atoms with Gasteiger partial charge in [0.05, 0.1) is 10.9 Å². The van der Waals surface area contributed by atoms with Crippen molar-refractivity contribution in [2.45, 2.75) is 38.1 Å². The summed E-state index contributed by atoms with van der Waals surface area (Å²) in [6.07, 6.45) is 0.259. The van der Waals surface area contributed by atoms with Crippen LogP contribution in [0.3, 0.4) is 0 Å². The Hall–Kier alpha value is -1.27. The second-order valence-electron chi connectivity index (χ2n) is 4.62. The molecular formula is C13H18FNO3S. The summed E-state index contributed by atoms with van der Waals surface area (Å²) in [5, 5.41) is 0. The molecule has 0 aliphatic heterocycles. The van der Waals surface area contributed by atoms with Gasteiger partial charge in [0.2, 0.25) is 10.0 Å². The second-order valence-corrected chi connectivity index (χ2v) is 6.33. The molecule has 0 bridgehead atoms. The maximum Gasteiger partial charge on any atom is 0.241 e. The Labute approximate surface area is 113 Å². The van der Waals surface area contributed by atoms with E-state index in [-0.39, 0.29) is 23.0 Å². The predicted octanol–water partition coefficient (Wildman–Crippen LogP) is 2.11. The fourth-order valence-electron chi connectivity index (χ4n) is 1.64. The molecule has 0 aliphatic rings. The van der Waals surface area contributed by atoms with E-state index in [1.165, 1.54) is 12.1 Å². The highest BCUT2D eigenvalue weighted by Crippen LogP contribution is 2.13. The van der Waals surface area contributed by atoms with Crippen LogP contribution in [-0.4, -0.2) is 20.2 Å². The number of ketones is 1. The fraction of sp³-hybridized carbons (Fsp3) is 0.462. The number of hydrogen-bond donors (Lipinski definition) is 1. The van der Waals surface area contributed by atoms with Crippen LogP contribution < -0.4 is 4.72 Å². The van der Waals surface area contributed by atoms with Gasteiger partial charge in [-0.2, -0.15) is 0 Å². The third-order valence-electron chi connectivity index (χ3n) is 2.77. The Kier molecular flexibility index (Phi) is 5.20. The molecule has 1 unspecified atom stereocenters. The molecule has 0 heterocycles. The summed E-state index contributed by atoms with van der Waals surface area (Å²) in [7, 11) is -3.81. The first-order chi connectivity index (χ1) is 8.77. The molecule has 0 amide bonds. The molecule has 0 radical (unpaired) electrons. The summed E-state index contributed by atoms with van der Waals surface area (Å²) < 4.78 is 39.3. The molecule has 1 N–H and O–H groups in total. The van der Waals surface area contributed by atoms with Gasteiger partial charge in [-0.05, 0) is 30.2 Å². The minimum atomic E-state index is -3.81. The molecule has 106 valence electrons. The summed E-state index contributed by atoms with van der Waals surface area (Å²) in [5.41, 5.74) is 0. The number of sulfonamides is 1. The average Bonchev–Trinajstić information content (AvgIpc) is 2.35. The minimum absolute atomic E-state index is 0.0524. The molecule has 0 saturated carbocycles. The molecule has 0 aromatic heterocycles. The summed E-state index contributed by atoms with van der Waals surface area (Å²) in [5.74, 6) is -0.827. The lowest BCUT2D eigenvalue weighted by Gasteiger charge is -2.20. The van der Waals surface area contributed by atoms with Crippen LogP contribution in [0.5, 0.6) is 0 Å². The van der Waals surface area contributed by atoms with Crippen LogP contribution in [0.15, 0.2) is 29.2 Å². The number of carbonyl (C=O) groups excluding carboxylic acids is 1. The van der Waals surface area contributed by atoms with E-state index in [9.17, 15) is 17.6 Å². The van der Waals surface area contributed by atoms with Gasteiger partial charge in [0, 0.05) is 6.42 Å². The Bertz CT molecular complexity index is 538. The van der Waals surface area contributed by atoms with E-state index < -0.39 is 21.9 Å². The van der Waals surface area contributed by atoms with Crippen molar-refractivity contribution >= 4 is 15.8 Å². The van der Waals surface area contributed by atoms with E-state index in [2.05, 4.69) is 4.72 Å². The average molecular weight is 287 g/mol. The zero-order valence-electron chi connectivity index (χ0n) is 11.2. The summed E-state index contributed by atoms with van der Waals surface area (Å²) in [4.78, 5) is 11.7. The summed E-state index contributed by atoms with van der Waals surface area (Å²) >= 11 is 0. The molecule has 19 heavy (non-hydrogen) atoms. The van der Waals surface area contributed by atoms with Gasteiger partial charge in [-0.25, -0.2) is 17.5 Å². The SMILES string of the molecule is CCC(=O)C(NS(=O)(=O)c1ccc(F)cc1)C(C)C. The highest BCUT2D eigenvalue weighted by molar-refractivity contribution is 7.89. The highest BCUT2D eigenvalue weighted by Gasteiger charge is 2.26. The summed E-state index contributed by atoms with van der Waals surface area (Å²) in [6.45, 7) is 5.22. The standard InChI is InChI=1S/C13H18FNO3S/c1-4-12(16)13(9(2)3)15-19(17,18)11-7-5-10(14)6-8-11/h5-9,13,15H,4H2,1-3H3. The molecule has 4 nitrogen and oxygen atoms in total. The first kappa shape index (κ1) is 15.8. The van der Waals surface area contributed by atoms with Crippen molar-refractivity contribution < 1.29 is 17.6 Å². The molecule has 0 spiro atoms. The highest BCUT2D eigenvalue weighted by atomic mass is 32.2. The van der Waals surface area contributed by atoms with E-state index >= 15 is 0 Å². The normalized spacial score (nSPS) is 13.5. The van der Waals surface area contributed by atoms with Crippen molar-refractivity contribution in [2.75, 3.05) is 0 Å². The monoisotopic (exact) mass is 287 g/mol. The van der Waals surface area contributed by atoms with E-state index in [1.807, 2.05) is 0 Å². The number of benzene rings is 1. The number of rotatable bonds is 6. The van der Waals surface area contributed by atoms with Gasteiger partial charge in [-0.1, -0.05) is 20.8 Å². The van der Waals surface area contributed by atoms with E-state index in [4.69, 9.17) is 0 Å². The van der Waals surface area contributed by atoms with Crippen molar-refractivity contribution in [1.82, 2.24) is 4.72 Å². The molecular weight excluding hydrogens is 269 g/mol. The Balaban J connectivity index is 3.00. The van der Waals surface area contributed by atoms with Gasteiger partial charge in [-0.3, -0.25) is 4.79 Å². The molecule has 1 atom stereocenters. The topological polar surface area (TPSA) is 63.2 Å². The summed E-state index contributed by atoms with van der Waals surface area (Å²) in [6, 6.07) is 3.72. The molecule has 1 aromatic carbocycles. The Morgan fingerprint density at radius 3 is 2.21 bits per heavy atom. The maximum atomic E-state index is 12.8. The molecule has 1 aromatic rings. The van der Waals surface area contributed by atoms with Crippen molar-refractivity contribution in [3.05, 3.63) is 30.1 Å². The van der Waals surface area contributed by atoms with Gasteiger partial charge < -0.3 is 0 Å². The van der Waals surface area contributed by atoms with Gasteiger partial charge in [0.25, 0.3) is 0 Å². The lowest BCUT2D eigenvalue weighted by molar-refractivity contribution is -0.121. The van der Waals surface area contributed by atoms with Crippen molar-refractivity contribution in [2.24, 2.45) is 5.92 Å². The van der Waals surface area contributed by atoms with Crippen molar-refractivity contribution in [1.29, 1.82) is 0 Å². The van der Waals surface area contributed by atoms with Crippen LogP contribution in [-0.2, 0) is 14.8 Å². The van der Waals surface area contributed by atoms with E-state index in [0.717, 1.165) is 12.1 Å². The molecule has 0 saturated heterocycles. The smallest absolute Gasteiger partial charge is 0.241 e. The first-order valence-corrected chi connectivity index (χ1v) is 7.57. The third-order valence-corrected chi connectivity index (χ3v) is 4.23. The minimum Gasteiger partial charge on any atom is -0.298 e. The number of nitrogens with one attached hydrogen (secondary N) is 1. The van der Waals surface area contributed by atoms with Gasteiger partial charge in [0.15, 0.2) is 5.78 Å². The van der Waals surface area contributed by atoms with Crippen LogP contribution in [0, 0.1) is 11.7 Å². The fourth-order valence-corrected chi connectivity index (χ4v) is 3.01. The quantitative estimate of drug-likeness (QED) is 0.871. The molecule has 1 rings (SSSR count). The molecule has 0 fully saturated rings. The Morgan fingerprint density at radius 1 is 1.26 bits per heavy atom. The Morgan fingerprint density at radius 2 is 1.79 bits per heavy atom. The number of halogens is 1. The lowest BCUT2D eigenvalue weighted by atomic mass is 10.00. The zero-order valence-corrected chi connectivity index (χ0v) is 12.0. The first-order valence-electron chi connectivity index (χ1n) is 6.08. The van der Waals surface area contributed by atoms with Gasteiger partial charge >= 0.3 is 0 Å². The van der Waals surface area contributed by atoms with E-state index in [0.29, 0.717) is 0 Å². The van der Waals surface area contributed by atoms with Crippen molar-refractivity contribution in [3.8, 4) is 0 Å². The molecule has 6 heteroatoms. The zero-order chi connectivity index (χ0) is 14.6. The van der Waals surface area contributed by atoms with Gasteiger partial charge in [-0.15, -0.1) is 0 Å². The van der Waals surface area contributed by atoms with Crippen molar-refractivity contribution in [3.63, 3.8) is 0 Å². The van der Waals surface area contributed by atoms with E-state index in [1.54, 1.807) is 20.8 Å². The number of hydrogen-bond acceptors (Lipinski definition) is 3. The predicted molar refractivity (Wildman–Crippen MR) is 70.6 cm³/mol. The third kappa shape index (κ3) is 4.11. The molecule has 0 aliphatic carbocycles. The van der Waals surface area contributed by atoms with Crippen LogP contribution >= 0.6 is 0 Å². The largest absolute Gasteiger partial charge is 0.298 e. The number of carbonyl (C=O) groups is 1. The maximum absolute atomic E-state index is 12.8. The second kappa shape index (κ2) is 6.25. The van der Waals surface area contributed by atoms with Crippen LogP contribution in [0.2, 0.25) is 0 Å². The van der Waals surface area contributed by atoms with Crippen LogP contribution in [0.1, 0.15) is 27.2 Å². The number of Topliss-reactive ketones (excluding diaryl/α,β-unsaturated/α-hetero) is 1. The van der Waals surface area contributed by atoms with Gasteiger partial charge in [0.1, 0.15) is 5.82 Å². The van der Waals surface area contributed by atoms with Crippen LogP contribution in [0.25, 0.3) is 0 Å².